The van der Waals surface area contributed by atoms with Crippen LogP contribution in [0.2, 0.25) is 0 Å². The van der Waals surface area contributed by atoms with Gasteiger partial charge in [0.15, 0.2) is 0 Å². The molecule has 0 unspecified atom stereocenters. The van der Waals surface area contributed by atoms with Crippen LogP contribution in [0.15, 0.2) is 0 Å². The van der Waals surface area contributed by atoms with Crippen LogP contribution in [-0.2, 0) is 0 Å². The first kappa shape index (κ1) is 23.1. The van der Waals surface area contributed by atoms with Crippen LogP contribution in [0.1, 0.15) is 101 Å². The zero-order valence-corrected chi connectivity index (χ0v) is 15.0. The third-order valence-electron chi connectivity index (χ3n) is 3.13. The highest BCUT2D eigenvalue weighted by molar-refractivity contribution is 4.41. The molecule has 0 radical (unpaired) electrons. The van der Waals surface area contributed by atoms with Gasteiger partial charge in [-0.15, -0.1) is 0 Å². The van der Waals surface area contributed by atoms with E-state index in [1.165, 1.54) is 38.5 Å². The number of hydrogen-bond donors (Lipinski definition) is 0. The van der Waals surface area contributed by atoms with Gasteiger partial charge >= 0.3 is 0 Å². The molecule has 18 heavy (non-hydrogen) atoms. The Bertz CT molecular complexity index is 99.2. The molecule has 0 saturated heterocycles. The minimum atomic E-state index is 0.898. The van der Waals surface area contributed by atoms with Gasteiger partial charge < -0.3 is 0 Å². The lowest BCUT2D eigenvalue weighted by molar-refractivity contribution is 0.544. The van der Waals surface area contributed by atoms with E-state index >= 15 is 0 Å². The van der Waals surface area contributed by atoms with Gasteiger partial charge in [-0.1, -0.05) is 101 Å². The van der Waals surface area contributed by atoms with Gasteiger partial charge in [0.1, 0.15) is 0 Å². The molecule has 0 heteroatoms. The summed E-state index contributed by atoms with van der Waals surface area (Å²) in [5, 5.41) is 0. The molecule has 114 valence electrons. The van der Waals surface area contributed by atoms with E-state index in [0.717, 1.165) is 17.8 Å². The molecule has 0 N–H and O–H groups in total. The zero-order chi connectivity index (χ0) is 15.0. The lowest BCUT2D eigenvalue weighted by Gasteiger charge is -1.98. The summed E-state index contributed by atoms with van der Waals surface area (Å²) in [7, 11) is 0. The summed E-state index contributed by atoms with van der Waals surface area (Å²) in [6.45, 7) is 20.2. The third-order valence-corrected chi connectivity index (χ3v) is 3.13. The molecule has 0 saturated carbocycles. The predicted octanol–water partition coefficient (Wildman–Crippen LogP) is 7.33. The highest BCUT2D eigenvalue weighted by Gasteiger charge is 1.88. The van der Waals surface area contributed by atoms with Crippen LogP contribution < -0.4 is 0 Å². The summed E-state index contributed by atoms with van der Waals surface area (Å²) < 4.78 is 0. The van der Waals surface area contributed by atoms with Crippen LogP contribution >= 0.6 is 0 Å². The van der Waals surface area contributed by atoms with Gasteiger partial charge in [0.05, 0.1) is 0 Å². The minimum absolute atomic E-state index is 0.898. The van der Waals surface area contributed by atoms with E-state index in [1.807, 2.05) is 0 Å². The second-order valence-electron chi connectivity index (χ2n) is 6.29. The van der Waals surface area contributed by atoms with E-state index in [1.54, 1.807) is 0 Å². The summed E-state index contributed by atoms with van der Waals surface area (Å²) >= 11 is 0. The molecule has 0 aliphatic carbocycles. The fraction of sp³-hybridized carbons (Fsp3) is 1.00. The van der Waals surface area contributed by atoms with Crippen molar-refractivity contribution in [3.05, 3.63) is 0 Å². The highest BCUT2D eigenvalue weighted by atomic mass is 13.9. The first-order chi connectivity index (χ1) is 8.35. The molecule has 0 amide bonds. The van der Waals surface area contributed by atoms with Gasteiger partial charge in [0, 0.05) is 0 Å². The smallest absolute Gasteiger partial charge is 0.0448 e. The van der Waals surface area contributed by atoms with Crippen molar-refractivity contribution in [2.45, 2.75) is 101 Å². The number of hydrogen-bond acceptors (Lipinski definition) is 0. The lowest BCUT2D eigenvalue weighted by Crippen LogP contribution is -1.85. The fourth-order valence-electron chi connectivity index (χ4n) is 1.44. The standard InChI is InChI=1S/3C6H14/c2*1-4-5-6(2)3;1-4-6(3)5-2/h3*6H,4-5H2,1-3H3. The van der Waals surface area contributed by atoms with Crippen LogP contribution in [-0.4, -0.2) is 0 Å². The van der Waals surface area contributed by atoms with Gasteiger partial charge in [0.2, 0.25) is 0 Å². The van der Waals surface area contributed by atoms with Gasteiger partial charge in [-0.3, -0.25) is 0 Å². The maximum Gasteiger partial charge on any atom is -0.0448 e. The van der Waals surface area contributed by atoms with Crippen molar-refractivity contribution in [3.8, 4) is 0 Å². The van der Waals surface area contributed by atoms with Crippen molar-refractivity contribution in [1.82, 2.24) is 0 Å². The van der Waals surface area contributed by atoms with Crippen molar-refractivity contribution in [1.29, 1.82) is 0 Å². The van der Waals surface area contributed by atoms with E-state index in [2.05, 4.69) is 62.3 Å². The second kappa shape index (κ2) is 19.3. The van der Waals surface area contributed by atoms with E-state index in [4.69, 9.17) is 0 Å². The average Bonchev–Trinajstić information content (AvgIpc) is 2.29. The van der Waals surface area contributed by atoms with Gasteiger partial charge in [-0.2, -0.15) is 0 Å². The van der Waals surface area contributed by atoms with Crippen LogP contribution in [0.3, 0.4) is 0 Å². The lowest BCUT2D eigenvalue weighted by atomic mass is 10.1. The molecule has 0 fully saturated rings. The highest BCUT2D eigenvalue weighted by Crippen LogP contribution is 2.03. The monoisotopic (exact) mass is 258 g/mol. The maximum atomic E-state index is 2.28. The molecular weight excluding hydrogens is 216 g/mol. The molecule has 0 atom stereocenters. The van der Waals surface area contributed by atoms with Crippen LogP contribution in [0.25, 0.3) is 0 Å². The average molecular weight is 259 g/mol. The molecule has 0 aromatic carbocycles. The SMILES string of the molecule is CCC(C)CC.CCCC(C)C.CCCC(C)C. The Morgan fingerprint density at radius 2 is 0.833 bits per heavy atom. The molecule has 0 aromatic heterocycles. The summed E-state index contributed by atoms with van der Waals surface area (Å²) in [5.41, 5.74) is 0. The normalized spacial score (nSPS) is 10.0. The Balaban J connectivity index is -0.000000187. The van der Waals surface area contributed by atoms with E-state index in [-0.39, 0.29) is 0 Å². The van der Waals surface area contributed by atoms with Crippen molar-refractivity contribution in [2.75, 3.05) is 0 Å². The fourth-order valence-corrected chi connectivity index (χ4v) is 1.44. The first-order valence-electron chi connectivity index (χ1n) is 8.35. The van der Waals surface area contributed by atoms with Crippen LogP contribution in [0, 0.1) is 17.8 Å². The Labute approximate surface area is 119 Å². The van der Waals surface area contributed by atoms with Crippen molar-refractivity contribution < 1.29 is 0 Å². The van der Waals surface area contributed by atoms with Crippen LogP contribution in [0.4, 0.5) is 0 Å². The Morgan fingerprint density at radius 3 is 0.833 bits per heavy atom. The largest absolute Gasteiger partial charge is 0.0654 e. The molecule has 0 spiro atoms. The molecule has 0 aliphatic heterocycles. The maximum absolute atomic E-state index is 2.28. The van der Waals surface area contributed by atoms with Gasteiger partial charge in [0.25, 0.3) is 0 Å². The Morgan fingerprint density at radius 1 is 0.556 bits per heavy atom. The third kappa shape index (κ3) is 36.0. The van der Waals surface area contributed by atoms with Gasteiger partial charge in [-0.05, 0) is 17.8 Å². The Kier molecular flexibility index (Phi) is 24.8. The summed E-state index contributed by atoms with van der Waals surface area (Å²) in [6, 6.07) is 0. The minimum Gasteiger partial charge on any atom is -0.0654 e. The zero-order valence-electron chi connectivity index (χ0n) is 15.0. The molecular formula is C18H42. The van der Waals surface area contributed by atoms with E-state index in [9.17, 15) is 0 Å². The Hall–Kier alpha value is 0. The molecule has 0 aromatic rings. The quantitative estimate of drug-likeness (QED) is 0.468. The molecule has 0 heterocycles. The van der Waals surface area contributed by atoms with Crippen molar-refractivity contribution in [2.24, 2.45) is 17.8 Å². The summed E-state index contributed by atoms with van der Waals surface area (Å²) in [6.07, 6.45) is 8.07. The predicted molar refractivity (Wildman–Crippen MR) is 89.2 cm³/mol. The van der Waals surface area contributed by atoms with E-state index in [0.29, 0.717) is 0 Å². The molecule has 0 bridgehead atoms. The number of rotatable bonds is 6. The van der Waals surface area contributed by atoms with Crippen molar-refractivity contribution >= 4 is 0 Å². The summed E-state index contributed by atoms with van der Waals surface area (Å²) in [4.78, 5) is 0. The summed E-state index contributed by atoms with van der Waals surface area (Å²) in [5.74, 6) is 2.73. The van der Waals surface area contributed by atoms with Crippen LogP contribution in [0.5, 0.6) is 0 Å². The topological polar surface area (TPSA) is 0 Å². The van der Waals surface area contributed by atoms with Gasteiger partial charge in [-0.25, -0.2) is 0 Å². The molecule has 0 nitrogen and oxygen atoms in total. The molecule has 0 rings (SSSR count). The first-order valence-corrected chi connectivity index (χ1v) is 8.35. The van der Waals surface area contributed by atoms with E-state index < -0.39 is 0 Å². The second-order valence-corrected chi connectivity index (χ2v) is 6.29. The van der Waals surface area contributed by atoms with Crippen molar-refractivity contribution in [3.63, 3.8) is 0 Å². The molecule has 0 aliphatic rings.